The van der Waals surface area contributed by atoms with E-state index in [0.29, 0.717) is 0 Å². The number of hydrogen-bond donors (Lipinski definition) is 5. The Labute approximate surface area is 102 Å². The van der Waals surface area contributed by atoms with E-state index < -0.39 is 55.3 Å². The maximum atomic E-state index is 11.4. The summed E-state index contributed by atoms with van der Waals surface area (Å²) in [4.78, 5) is 21.7. The topological polar surface area (TPSA) is 145 Å². The minimum absolute atomic E-state index is 0.313. The van der Waals surface area contributed by atoms with Gasteiger partial charge in [-0.05, 0) is 0 Å². The van der Waals surface area contributed by atoms with Crippen LogP contribution in [0.4, 0.5) is 0 Å². The number of aliphatic hydroxyl groups is 4. The molecule has 0 aromatic heterocycles. The van der Waals surface area contributed by atoms with Gasteiger partial charge in [0.2, 0.25) is 5.79 Å². The third-order valence-corrected chi connectivity index (χ3v) is 2.75. The second-order valence-electron chi connectivity index (χ2n) is 4.27. The van der Waals surface area contributed by atoms with E-state index in [-0.39, 0.29) is 6.42 Å². The van der Waals surface area contributed by atoms with Crippen LogP contribution in [0.25, 0.3) is 0 Å². The van der Waals surface area contributed by atoms with Gasteiger partial charge in [0.25, 0.3) is 0 Å². The van der Waals surface area contributed by atoms with Crippen LogP contribution in [0.5, 0.6) is 0 Å². The van der Waals surface area contributed by atoms with E-state index in [4.69, 9.17) is 9.84 Å². The quantitative estimate of drug-likeness (QED) is 0.370. The summed E-state index contributed by atoms with van der Waals surface area (Å²) in [6, 6.07) is 0. The van der Waals surface area contributed by atoms with Gasteiger partial charge in [-0.2, -0.15) is 0 Å². The highest BCUT2D eigenvalue weighted by atomic mass is 16.6. The molecule has 1 saturated heterocycles. The van der Waals surface area contributed by atoms with Crippen molar-refractivity contribution in [2.45, 2.75) is 43.4 Å². The van der Waals surface area contributed by atoms with Gasteiger partial charge in [0, 0.05) is 6.42 Å². The first kappa shape index (κ1) is 15.0. The van der Waals surface area contributed by atoms with E-state index in [9.17, 15) is 30.0 Å². The number of hydrogen-bond acceptors (Lipinski definition) is 7. The molecule has 0 saturated carbocycles. The molecule has 0 aromatic carbocycles. The molecule has 104 valence electrons. The molecule has 1 aliphatic rings. The Balaban J connectivity index is 2.58. The van der Waals surface area contributed by atoms with Gasteiger partial charge < -0.3 is 30.3 Å². The third kappa shape index (κ3) is 3.47. The molecule has 8 nitrogen and oxygen atoms in total. The molecule has 1 aliphatic heterocycles. The van der Waals surface area contributed by atoms with Gasteiger partial charge in [0.1, 0.15) is 24.1 Å². The number of carboxylic acids is 1. The van der Waals surface area contributed by atoms with Gasteiger partial charge in [-0.3, -0.25) is 9.59 Å². The second kappa shape index (κ2) is 5.72. The maximum absolute atomic E-state index is 11.4. The first-order valence-electron chi connectivity index (χ1n) is 5.40. The number of carboxylic acid groups (broad SMARTS) is 1. The summed E-state index contributed by atoms with van der Waals surface area (Å²) in [5.74, 6) is -4.08. The zero-order valence-electron chi connectivity index (χ0n) is 9.52. The molecule has 1 fully saturated rings. The number of Topliss-reactive ketones (excluding diaryl/α,β-unsaturated/α-hetero) is 1. The van der Waals surface area contributed by atoms with Crippen LogP contribution in [-0.4, -0.2) is 68.0 Å². The van der Waals surface area contributed by atoms with Crippen LogP contribution in [0, 0.1) is 0 Å². The van der Waals surface area contributed by atoms with E-state index in [2.05, 4.69) is 0 Å². The standard InChI is InChI=1S/C10H16O8/c11-5(1-2-7(13)14)3-10(17)9(16)8(15)6(12)4-18-10/h6,8-9,12,15-17H,1-4H2,(H,13,14)/t6-,8+,9-,10-/m1/s1. The molecular formula is C10H16O8. The molecule has 0 spiro atoms. The summed E-state index contributed by atoms with van der Waals surface area (Å²) < 4.78 is 4.77. The summed E-state index contributed by atoms with van der Waals surface area (Å²) >= 11 is 0. The summed E-state index contributed by atoms with van der Waals surface area (Å²) in [6.07, 6.45) is -6.17. The van der Waals surface area contributed by atoms with Crippen molar-refractivity contribution in [1.82, 2.24) is 0 Å². The Morgan fingerprint density at radius 3 is 2.39 bits per heavy atom. The van der Waals surface area contributed by atoms with E-state index in [1.165, 1.54) is 0 Å². The molecule has 0 unspecified atom stereocenters. The molecule has 0 aromatic rings. The zero-order valence-corrected chi connectivity index (χ0v) is 9.52. The highest BCUT2D eigenvalue weighted by molar-refractivity contribution is 5.83. The van der Waals surface area contributed by atoms with Crippen LogP contribution in [0.15, 0.2) is 0 Å². The largest absolute Gasteiger partial charge is 0.481 e. The molecular weight excluding hydrogens is 248 g/mol. The molecule has 0 bridgehead atoms. The Morgan fingerprint density at radius 2 is 1.83 bits per heavy atom. The molecule has 0 radical (unpaired) electrons. The average Bonchev–Trinajstić information content (AvgIpc) is 2.29. The summed E-state index contributed by atoms with van der Waals surface area (Å²) in [5.41, 5.74) is 0. The minimum atomic E-state index is -2.30. The fourth-order valence-electron chi connectivity index (χ4n) is 1.66. The summed E-state index contributed by atoms with van der Waals surface area (Å²) in [7, 11) is 0. The van der Waals surface area contributed by atoms with E-state index in [1.54, 1.807) is 0 Å². The van der Waals surface area contributed by atoms with E-state index >= 15 is 0 Å². The lowest BCUT2D eigenvalue weighted by Gasteiger charge is -2.41. The third-order valence-electron chi connectivity index (χ3n) is 2.75. The maximum Gasteiger partial charge on any atom is 0.303 e. The van der Waals surface area contributed by atoms with Gasteiger partial charge in [-0.25, -0.2) is 0 Å². The fraction of sp³-hybridized carbons (Fsp3) is 0.800. The number of aliphatic hydroxyl groups excluding tert-OH is 3. The number of carbonyl (C=O) groups is 2. The van der Waals surface area contributed by atoms with Crippen LogP contribution < -0.4 is 0 Å². The lowest BCUT2D eigenvalue weighted by atomic mass is 9.92. The molecule has 5 N–H and O–H groups in total. The SMILES string of the molecule is O=C(O)CCC(=O)C[C@@]1(O)OC[C@@H](O)[C@H](O)[C@H]1O. The van der Waals surface area contributed by atoms with Crippen molar-refractivity contribution in [3.8, 4) is 0 Å². The predicted molar refractivity (Wildman–Crippen MR) is 55.4 cm³/mol. The lowest BCUT2D eigenvalue weighted by Crippen LogP contribution is -2.61. The smallest absolute Gasteiger partial charge is 0.303 e. The number of rotatable bonds is 5. The molecule has 18 heavy (non-hydrogen) atoms. The first-order chi connectivity index (χ1) is 8.26. The van der Waals surface area contributed by atoms with Crippen LogP contribution in [-0.2, 0) is 14.3 Å². The number of ketones is 1. The van der Waals surface area contributed by atoms with Gasteiger partial charge in [0.15, 0.2) is 0 Å². The molecule has 0 amide bonds. The zero-order chi connectivity index (χ0) is 13.9. The van der Waals surface area contributed by atoms with Crippen LogP contribution in [0.2, 0.25) is 0 Å². The number of carbonyl (C=O) groups excluding carboxylic acids is 1. The monoisotopic (exact) mass is 264 g/mol. The lowest BCUT2D eigenvalue weighted by molar-refractivity contribution is -0.320. The van der Waals surface area contributed by atoms with Crippen molar-refractivity contribution in [2.75, 3.05) is 6.61 Å². The van der Waals surface area contributed by atoms with Crippen molar-refractivity contribution in [2.24, 2.45) is 0 Å². The van der Waals surface area contributed by atoms with Crippen molar-refractivity contribution >= 4 is 11.8 Å². The minimum Gasteiger partial charge on any atom is -0.481 e. The van der Waals surface area contributed by atoms with Crippen molar-refractivity contribution in [3.63, 3.8) is 0 Å². The number of aliphatic carboxylic acids is 1. The molecule has 4 atom stereocenters. The molecule has 0 aliphatic carbocycles. The first-order valence-corrected chi connectivity index (χ1v) is 5.40. The average molecular weight is 264 g/mol. The van der Waals surface area contributed by atoms with Crippen LogP contribution in [0.1, 0.15) is 19.3 Å². The van der Waals surface area contributed by atoms with Gasteiger partial charge >= 0.3 is 5.97 Å². The van der Waals surface area contributed by atoms with Crippen LogP contribution in [0.3, 0.4) is 0 Å². The fourth-order valence-corrected chi connectivity index (χ4v) is 1.66. The molecule has 1 rings (SSSR count). The van der Waals surface area contributed by atoms with Crippen molar-refractivity contribution < 1.29 is 39.9 Å². The Morgan fingerprint density at radius 1 is 1.22 bits per heavy atom. The normalized spacial score (nSPS) is 36.3. The highest BCUT2D eigenvalue weighted by Gasteiger charge is 2.49. The van der Waals surface area contributed by atoms with Crippen molar-refractivity contribution in [1.29, 1.82) is 0 Å². The van der Waals surface area contributed by atoms with E-state index in [0.717, 1.165) is 0 Å². The second-order valence-corrected chi connectivity index (χ2v) is 4.27. The Bertz CT molecular complexity index is 330. The molecule has 1 heterocycles. The van der Waals surface area contributed by atoms with Crippen LogP contribution >= 0.6 is 0 Å². The van der Waals surface area contributed by atoms with Gasteiger partial charge in [-0.15, -0.1) is 0 Å². The summed E-state index contributed by atoms with van der Waals surface area (Å²) in [6.45, 7) is -0.430. The molecule has 8 heteroatoms. The Hall–Kier alpha value is -1.06. The van der Waals surface area contributed by atoms with Gasteiger partial charge in [-0.1, -0.05) is 0 Å². The number of ether oxygens (including phenoxy) is 1. The van der Waals surface area contributed by atoms with Gasteiger partial charge in [0.05, 0.1) is 19.4 Å². The predicted octanol–water partition coefficient (Wildman–Crippen LogP) is -2.39. The summed E-state index contributed by atoms with van der Waals surface area (Å²) in [5, 5.41) is 46.3. The Kier molecular flexibility index (Phi) is 4.77. The highest BCUT2D eigenvalue weighted by Crippen LogP contribution is 2.27. The van der Waals surface area contributed by atoms with E-state index in [1.807, 2.05) is 0 Å². The van der Waals surface area contributed by atoms with Crippen molar-refractivity contribution in [3.05, 3.63) is 0 Å².